The SMILES string of the molecule is CO[C@H]1C[C@H]2O[C@@](O)(C(=O)C(=O)N3CCCC[C@H]3C(=O)O[C@H](C(C)C[C@@H]3CC[C@@H](O)[C@H](OC)C3)CC(=O)[C@H](C)/C=C(\C)[C@H](O)[C@@H](OC)C(=O)[C@H](C)C[C@H](C)/C=C/C=C/C=C/1C)[C@H](C)C[C@@H]2OC. The number of methoxy groups -OCH3 is 4. The smallest absolute Gasteiger partial charge is 0.329 e. The maximum Gasteiger partial charge on any atom is 0.329 e. The van der Waals surface area contributed by atoms with Gasteiger partial charge >= 0.3 is 5.97 Å². The Kier molecular flexibility index (Phi) is 21.8. The fourth-order valence-corrected chi connectivity index (χ4v) is 10.4. The molecule has 3 N–H and O–H groups in total. The number of carbonyl (C=O) groups is 5. The average molecular weight is 944 g/mol. The molecule has 0 radical (unpaired) electrons. The van der Waals surface area contributed by atoms with Crippen LogP contribution in [0, 0.1) is 35.5 Å². The number of ether oxygens (including phenoxy) is 6. The Morgan fingerprint density at radius 1 is 0.821 bits per heavy atom. The van der Waals surface area contributed by atoms with Gasteiger partial charge in [-0.25, -0.2) is 4.79 Å². The highest BCUT2D eigenvalue weighted by molar-refractivity contribution is 6.39. The second-order valence-electron chi connectivity index (χ2n) is 19.9. The largest absolute Gasteiger partial charge is 0.460 e. The van der Waals surface area contributed by atoms with Gasteiger partial charge in [-0.2, -0.15) is 0 Å². The summed E-state index contributed by atoms with van der Waals surface area (Å²) in [5, 5.41) is 34.0. The minimum Gasteiger partial charge on any atom is -0.460 e. The number of fused-ring (bicyclic) bond motifs is 3. The molecular weight excluding hydrogens is 863 g/mol. The van der Waals surface area contributed by atoms with Gasteiger partial charge in [-0.15, -0.1) is 0 Å². The third-order valence-electron chi connectivity index (χ3n) is 14.8. The summed E-state index contributed by atoms with van der Waals surface area (Å²) in [6, 6.07) is -1.17. The lowest BCUT2D eigenvalue weighted by Gasteiger charge is -2.45. The van der Waals surface area contributed by atoms with Crippen molar-refractivity contribution in [3.8, 4) is 0 Å². The monoisotopic (exact) mass is 944 g/mol. The van der Waals surface area contributed by atoms with E-state index in [9.17, 15) is 39.3 Å². The van der Waals surface area contributed by atoms with Crippen molar-refractivity contribution in [2.75, 3.05) is 35.0 Å². The van der Waals surface area contributed by atoms with E-state index in [0.29, 0.717) is 50.5 Å². The molecule has 0 spiro atoms. The summed E-state index contributed by atoms with van der Waals surface area (Å²) in [6.45, 7) is 12.6. The van der Waals surface area contributed by atoms with Crippen molar-refractivity contribution in [3.63, 3.8) is 0 Å². The van der Waals surface area contributed by atoms with Gasteiger partial charge in [-0.3, -0.25) is 19.2 Å². The molecule has 3 fully saturated rings. The fraction of sp³-hybridized carbons (Fsp3) is 0.750. The molecule has 4 aliphatic rings. The molecule has 0 aromatic carbocycles. The normalized spacial score (nSPS) is 40.7. The molecule has 1 aliphatic carbocycles. The number of hydrogen-bond donors (Lipinski definition) is 3. The van der Waals surface area contributed by atoms with Crippen LogP contribution in [0.3, 0.4) is 0 Å². The highest BCUT2D eigenvalue weighted by Gasteiger charge is 2.55. The second-order valence-corrected chi connectivity index (χ2v) is 19.9. The molecule has 15 heteroatoms. The molecule has 1 amide bonds. The standard InChI is InChI=1S/C52H81NO14/c1-30-17-13-12-14-18-31(2)41(62-8)29-45-44(64-10)26-36(7)52(61,67-45)49(58)50(59)53-22-16-15-19-38(53)51(60)66-42(33(4)25-37-20-21-39(54)43(27-37)63-9)28-40(55)32(3)24-35(6)47(57)48(65-11)46(56)34(5)23-30/h12-14,17-18,24,30,32-34,36-39,41-45,47-48,54,57,61H,15-16,19-23,25-29H2,1-11H3/b14-12+,17-13+,31-18+,35-24+/t30-,32-,33?,34-,36-,37+,38+,39-,41+,42+,43-,44+,45-,47+,48+,52-/m1/s1. The van der Waals surface area contributed by atoms with Gasteiger partial charge in [0.2, 0.25) is 5.79 Å². The number of amides is 1. The first-order chi connectivity index (χ1) is 31.7. The number of carbonyl (C=O) groups excluding carboxylic acids is 5. The summed E-state index contributed by atoms with van der Waals surface area (Å²) < 4.78 is 35.3. The highest BCUT2D eigenvalue weighted by atomic mass is 16.7. The van der Waals surface area contributed by atoms with Crippen LogP contribution in [0.2, 0.25) is 0 Å². The summed E-state index contributed by atoms with van der Waals surface area (Å²) in [6.07, 6.45) is 9.18. The number of Topliss-reactive ketones (excluding diaryl/α,β-unsaturated/α-hetero) is 3. The molecule has 3 aliphatic heterocycles. The van der Waals surface area contributed by atoms with Crippen LogP contribution in [0.15, 0.2) is 47.6 Å². The number of nitrogens with zero attached hydrogens (tertiary/aromatic N) is 1. The summed E-state index contributed by atoms with van der Waals surface area (Å²) in [4.78, 5) is 72.2. The minimum atomic E-state index is -2.53. The van der Waals surface area contributed by atoms with Gasteiger partial charge in [0, 0.05) is 65.6 Å². The lowest BCUT2D eigenvalue weighted by Crippen LogP contribution is -2.63. The van der Waals surface area contributed by atoms with Crippen LogP contribution < -0.4 is 0 Å². The van der Waals surface area contributed by atoms with E-state index in [1.165, 1.54) is 19.1 Å². The Bertz CT molecular complexity index is 1810. The number of esters is 1. The Hall–Kier alpha value is -3.41. The van der Waals surface area contributed by atoms with E-state index >= 15 is 0 Å². The second kappa shape index (κ2) is 26.0. The summed E-state index contributed by atoms with van der Waals surface area (Å²) in [5.41, 5.74) is 1.21. The van der Waals surface area contributed by atoms with Gasteiger partial charge in [-0.1, -0.05) is 71.1 Å². The molecule has 2 saturated heterocycles. The van der Waals surface area contributed by atoms with E-state index in [2.05, 4.69) is 0 Å². The number of aliphatic hydroxyl groups is 3. The van der Waals surface area contributed by atoms with E-state index in [4.69, 9.17) is 28.4 Å². The molecule has 3 heterocycles. The average Bonchev–Trinajstić information content (AvgIpc) is 3.30. The first kappa shape index (κ1) is 56.2. The number of piperidine rings is 1. The van der Waals surface area contributed by atoms with Crippen molar-refractivity contribution < 1.29 is 67.7 Å². The number of cyclic esters (lactones) is 1. The van der Waals surface area contributed by atoms with Crippen LogP contribution in [-0.2, 0) is 52.4 Å². The quantitative estimate of drug-likeness (QED) is 0.157. The lowest BCUT2D eigenvalue weighted by molar-refractivity contribution is -0.289. The third-order valence-corrected chi connectivity index (χ3v) is 14.8. The number of ketones is 3. The molecule has 0 aromatic rings. The molecular formula is C52H81NO14. The molecule has 0 aromatic heterocycles. The van der Waals surface area contributed by atoms with Gasteiger partial charge in [0.05, 0.1) is 30.5 Å². The number of allylic oxidation sites excluding steroid dienone is 6. The van der Waals surface area contributed by atoms with Gasteiger partial charge in [-0.05, 0) is 101 Å². The van der Waals surface area contributed by atoms with Gasteiger partial charge in [0.1, 0.15) is 30.1 Å². The lowest BCUT2D eigenvalue weighted by atomic mass is 9.78. The first-order valence-corrected chi connectivity index (χ1v) is 24.4. The summed E-state index contributed by atoms with van der Waals surface area (Å²) in [7, 11) is 6.01. The molecule has 15 nitrogen and oxygen atoms in total. The third kappa shape index (κ3) is 14.6. The van der Waals surface area contributed by atoms with Gasteiger partial charge in [0.15, 0.2) is 5.78 Å². The highest BCUT2D eigenvalue weighted by Crippen LogP contribution is 2.39. The number of hydrogen-bond acceptors (Lipinski definition) is 14. The van der Waals surface area contributed by atoms with Crippen molar-refractivity contribution in [1.29, 1.82) is 0 Å². The number of rotatable bonds is 7. The Morgan fingerprint density at radius 2 is 1.52 bits per heavy atom. The number of aliphatic hydroxyl groups excluding tert-OH is 2. The van der Waals surface area contributed by atoms with Crippen molar-refractivity contribution in [3.05, 3.63) is 47.6 Å². The van der Waals surface area contributed by atoms with Crippen LogP contribution in [0.25, 0.3) is 0 Å². The molecule has 16 atom stereocenters. The van der Waals surface area contributed by atoms with Crippen LogP contribution in [-0.4, -0.2) is 145 Å². The van der Waals surface area contributed by atoms with Crippen LogP contribution in [0.5, 0.6) is 0 Å². The zero-order chi connectivity index (χ0) is 49.7. The van der Waals surface area contributed by atoms with Gasteiger partial charge < -0.3 is 48.6 Å². The van der Waals surface area contributed by atoms with Crippen molar-refractivity contribution >= 4 is 29.2 Å². The summed E-state index contributed by atoms with van der Waals surface area (Å²) >= 11 is 0. The molecule has 378 valence electrons. The minimum absolute atomic E-state index is 0.00170. The van der Waals surface area contributed by atoms with Crippen LogP contribution >= 0.6 is 0 Å². The Labute approximate surface area is 398 Å². The van der Waals surface area contributed by atoms with E-state index in [1.807, 2.05) is 58.1 Å². The Morgan fingerprint density at radius 3 is 2.18 bits per heavy atom. The fourth-order valence-electron chi connectivity index (χ4n) is 10.4. The Balaban J connectivity index is 1.73. The van der Waals surface area contributed by atoms with Crippen molar-refractivity contribution in [2.45, 2.75) is 180 Å². The maximum atomic E-state index is 14.4. The van der Waals surface area contributed by atoms with Crippen molar-refractivity contribution in [2.24, 2.45) is 35.5 Å². The van der Waals surface area contributed by atoms with E-state index in [1.54, 1.807) is 41.1 Å². The maximum absolute atomic E-state index is 14.4. The van der Waals surface area contributed by atoms with Gasteiger partial charge in [0.25, 0.3) is 11.7 Å². The molecule has 2 bridgehead atoms. The molecule has 4 rings (SSSR count). The van der Waals surface area contributed by atoms with Crippen LogP contribution in [0.4, 0.5) is 0 Å². The van der Waals surface area contributed by atoms with Crippen molar-refractivity contribution in [1.82, 2.24) is 4.90 Å². The predicted octanol–water partition coefficient (Wildman–Crippen LogP) is 5.81. The molecule has 1 unspecified atom stereocenters. The van der Waals surface area contributed by atoms with E-state index < -0.39 is 90.0 Å². The molecule has 67 heavy (non-hydrogen) atoms. The van der Waals surface area contributed by atoms with Crippen LogP contribution in [0.1, 0.15) is 119 Å². The predicted molar refractivity (Wildman–Crippen MR) is 251 cm³/mol. The first-order valence-electron chi connectivity index (χ1n) is 24.4. The molecule has 1 saturated carbocycles. The van der Waals surface area contributed by atoms with E-state index in [0.717, 1.165) is 5.57 Å². The zero-order valence-corrected chi connectivity index (χ0v) is 41.9. The topological polar surface area (TPSA) is 205 Å². The summed E-state index contributed by atoms with van der Waals surface area (Å²) in [5.74, 6) is -8.40. The zero-order valence-electron chi connectivity index (χ0n) is 41.9. The van der Waals surface area contributed by atoms with E-state index in [-0.39, 0.29) is 67.7 Å².